The molecule has 0 aliphatic heterocycles. The predicted octanol–water partition coefficient (Wildman–Crippen LogP) is 2.89. The minimum Gasteiger partial charge on any atom is -0.322 e. The predicted molar refractivity (Wildman–Crippen MR) is 122 cm³/mol. The molecule has 166 valence electrons. The lowest BCUT2D eigenvalue weighted by Crippen LogP contribution is -3.13. The monoisotopic (exact) mass is 423 g/mol. The topological polar surface area (TPSA) is 80.9 Å². The molecular weight excluding hydrogens is 388 g/mol. The summed E-state index contributed by atoms with van der Waals surface area (Å²) >= 11 is 0. The molecule has 7 heteroatoms. The standard InChI is InChI=1S/C24H34N6O/c1-5-24(3,4)30-21(26-27-28-30)16-29(20-12-7-6-8-13-20)15-19-14-18-11-9-10-17(2)22(18)25-23(19)31/h9-11,14,20H,5-8,12-13,15-16H2,1-4H3,(H,25,31)/p+1. The van der Waals surface area contributed by atoms with E-state index in [0.29, 0.717) is 12.6 Å². The summed E-state index contributed by atoms with van der Waals surface area (Å²) in [4.78, 5) is 17.5. The van der Waals surface area contributed by atoms with Gasteiger partial charge in [-0.2, -0.15) is 0 Å². The lowest BCUT2D eigenvalue weighted by Gasteiger charge is -2.32. The molecule has 1 saturated carbocycles. The van der Waals surface area contributed by atoms with Crippen molar-refractivity contribution >= 4 is 10.9 Å². The number of hydrogen-bond acceptors (Lipinski definition) is 4. The van der Waals surface area contributed by atoms with Gasteiger partial charge >= 0.3 is 0 Å². The molecule has 31 heavy (non-hydrogen) atoms. The molecule has 2 heterocycles. The summed E-state index contributed by atoms with van der Waals surface area (Å²) in [5.74, 6) is 0.903. The number of nitrogens with zero attached hydrogens (tertiary/aromatic N) is 4. The molecule has 0 amide bonds. The number of fused-ring (bicyclic) bond motifs is 1. The molecule has 0 spiro atoms. The molecule has 1 fully saturated rings. The van der Waals surface area contributed by atoms with Crippen LogP contribution in [0.3, 0.4) is 0 Å². The lowest BCUT2D eigenvalue weighted by molar-refractivity contribution is -0.954. The van der Waals surface area contributed by atoms with Gasteiger partial charge in [-0.15, -0.1) is 5.10 Å². The smallest absolute Gasteiger partial charge is 0.257 e. The zero-order chi connectivity index (χ0) is 22.0. The van der Waals surface area contributed by atoms with Gasteiger partial charge in [0.2, 0.25) is 5.82 Å². The average molecular weight is 424 g/mol. The van der Waals surface area contributed by atoms with Gasteiger partial charge in [0.15, 0.2) is 0 Å². The van der Waals surface area contributed by atoms with Gasteiger partial charge in [0.25, 0.3) is 5.56 Å². The number of benzene rings is 1. The largest absolute Gasteiger partial charge is 0.322 e. The summed E-state index contributed by atoms with van der Waals surface area (Å²) in [6.07, 6.45) is 7.16. The van der Waals surface area contributed by atoms with Gasteiger partial charge in [-0.05, 0) is 80.3 Å². The van der Waals surface area contributed by atoms with Crippen LogP contribution in [0.2, 0.25) is 0 Å². The Morgan fingerprint density at radius 2 is 1.97 bits per heavy atom. The summed E-state index contributed by atoms with van der Waals surface area (Å²) in [7, 11) is 0. The fourth-order valence-electron chi connectivity index (χ4n) is 4.81. The van der Waals surface area contributed by atoms with E-state index in [1.165, 1.54) is 37.0 Å². The van der Waals surface area contributed by atoms with E-state index in [9.17, 15) is 4.79 Å². The van der Waals surface area contributed by atoms with Crippen LogP contribution in [-0.2, 0) is 18.6 Å². The molecule has 3 aromatic rings. The number of aromatic amines is 1. The SMILES string of the molecule is CCC(C)(C)n1nnnc1C[NH+](Cc1cc2cccc(C)c2[nH]c1=O)C1CCCCC1. The Kier molecular flexibility index (Phi) is 6.23. The van der Waals surface area contributed by atoms with E-state index in [1.807, 2.05) is 23.7 Å². The van der Waals surface area contributed by atoms with Crippen molar-refractivity contribution in [3.8, 4) is 0 Å². The summed E-state index contributed by atoms with van der Waals surface area (Å²) in [6.45, 7) is 9.95. The minimum atomic E-state index is -0.130. The number of aromatic nitrogens is 5. The Morgan fingerprint density at radius 1 is 1.19 bits per heavy atom. The zero-order valence-electron chi connectivity index (χ0n) is 19.2. The molecule has 1 aromatic carbocycles. The number of hydrogen-bond donors (Lipinski definition) is 2. The number of H-pyrrole nitrogens is 1. The number of pyridine rings is 1. The molecule has 2 aromatic heterocycles. The van der Waals surface area contributed by atoms with Gasteiger partial charge in [-0.3, -0.25) is 4.79 Å². The number of nitrogens with one attached hydrogen (secondary N) is 2. The Bertz CT molecular complexity index is 1090. The van der Waals surface area contributed by atoms with Crippen molar-refractivity contribution in [3.63, 3.8) is 0 Å². The minimum absolute atomic E-state index is 0.0172. The summed E-state index contributed by atoms with van der Waals surface area (Å²) in [5.41, 5.74) is 2.76. The highest BCUT2D eigenvalue weighted by molar-refractivity contribution is 5.81. The molecule has 1 aliphatic carbocycles. The van der Waals surface area contributed by atoms with Crippen LogP contribution >= 0.6 is 0 Å². The van der Waals surface area contributed by atoms with E-state index in [4.69, 9.17) is 0 Å². The molecule has 0 bridgehead atoms. The summed E-state index contributed by atoms with van der Waals surface area (Å²) in [5, 5.41) is 13.8. The first-order valence-electron chi connectivity index (χ1n) is 11.6. The molecule has 1 atom stereocenters. The van der Waals surface area contributed by atoms with E-state index in [1.54, 1.807) is 0 Å². The van der Waals surface area contributed by atoms with Gasteiger partial charge in [0.05, 0.1) is 22.7 Å². The number of aryl methyl sites for hydroxylation is 1. The maximum absolute atomic E-state index is 13.0. The number of quaternary nitrogens is 1. The normalized spacial score (nSPS) is 16.6. The fraction of sp³-hybridized carbons (Fsp3) is 0.583. The first-order valence-corrected chi connectivity index (χ1v) is 11.6. The van der Waals surface area contributed by atoms with Gasteiger partial charge < -0.3 is 9.88 Å². The molecule has 0 saturated heterocycles. The highest BCUT2D eigenvalue weighted by atomic mass is 16.1. The van der Waals surface area contributed by atoms with Crippen LogP contribution in [0.25, 0.3) is 10.9 Å². The average Bonchev–Trinajstić information content (AvgIpc) is 3.24. The first-order chi connectivity index (χ1) is 14.9. The van der Waals surface area contributed by atoms with Gasteiger partial charge in [0, 0.05) is 0 Å². The van der Waals surface area contributed by atoms with Gasteiger partial charge in [-0.25, -0.2) is 4.68 Å². The van der Waals surface area contributed by atoms with Crippen LogP contribution in [0.1, 0.15) is 76.2 Å². The highest BCUT2D eigenvalue weighted by Crippen LogP contribution is 2.20. The molecule has 1 unspecified atom stereocenters. The highest BCUT2D eigenvalue weighted by Gasteiger charge is 2.30. The van der Waals surface area contributed by atoms with Crippen LogP contribution in [0.5, 0.6) is 0 Å². The zero-order valence-corrected chi connectivity index (χ0v) is 19.2. The molecule has 0 radical (unpaired) electrons. The molecule has 7 nitrogen and oxygen atoms in total. The molecule has 1 aliphatic rings. The van der Waals surface area contributed by atoms with Crippen molar-refractivity contribution in [1.29, 1.82) is 0 Å². The molecule has 4 rings (SSSR count). The Balaban J connectivity index is 1.67. The lowest BCUT2D eigenvalue weighted by atomic mass is 9.93. The Hall–Kier alpha value is -2.54. The molecule has 2 N–H and O–H groups in total. The van der Waals surface area contributed by atoms with Crippen LogP contribution in [0, 0.1) is 6.92 Å². The number of para-hydroxylation sites is 1. The number of rotatable bonds is 7. The van der Waals surface area contributed by atoms with Crippen LogP contribution in [0.4, 0.5) is 0 Å². The van der Waals surface area contributed by atoms with E-state index < -0.39 is 0 Å². The third-order valence-corrected chi connectivity index (χ3v) is 7.12. The van der Waals surface area contributed by atoms with E-state index >= 15 is 0 Å². The fourth-order valence-corrected chi connectivity index (χ4v) is 4.81. The van der Waals surface area contributed by atoms with E-state index in [2.05, 4.69) is 53.4 Å². The second-order valence-corrected chi connectivity index (χ2v) is 9.68. The summed E-state index contributed by atoms with van der Waals surface area (Å²) < 4.78 is 1.98. The van der Waals surface area contributed by atoms with Crippen molar-refractivity contribution in [3.05, 3.63) is 51.6 Å². The third kappa shape index (κ3) is 4.56. The quantitative estimate of drug-likeness (QED) is 0.612. The maximum atomic E-state index is 13.0. The Labute approximate surface area is 183 Å². The van der Waals surface area contributed by atoms with Crippen LogP contribution in [0.15, 0.2) is 29.1 Å². The van der Waals surface area contributed by atoms with Crippen molar-refractivity contribution < 1.29 is 4.90 Å². The van der Waals surface area contributed by atoms with Crippen LogP contribution in [-0.4, -0.2) is 31.2 Å². The second-order valence-electron chi connectivity index (χ2n) is 9.68. The van der Waals surface area contributed by atoms with E-state index in [-0.39, 0.29) is 11.1 Å². The van der Waals surface area contributed by atoms with Gasteiger partial charge in [-0.1, -0.05) is 31.5 Å². The van der Waals surface area contributed by atoms with E-state index in [0.717, 1.165) is 40.8 Å². The summed E-state index contributed by atoms with van der Waals surface area (Å²) in [6, 6.07) is 8.76. The molecular formula is C24H35N6O+. The van der Waals surface area contributed by atoms with Crippen molar-refractivity contribution in [2.45, 2.75) is 90.9 Å². The van der Waals surface area contributed by atoms with Crippen molar-refractivity contribution in [2.75, 3.05) is 0 Å². The maximum Gasteiger partial charge on any atom is 0.257 e. The first kappa shape index (κ1) is 21.7. The van der Waals surface area contributed by atoms with Gasteiger partial charge in [0.1, 0.15) is 13.1 Å². The Morgan fingerprint density at radius 3 is 2.71 bits per heavy atom. The number of tetrazole rings is 1. The van der Waals surface area contributed by atoms with Crippen molar-refractivity contribution in [2.24, 2.45) is 0 Å². The third-order valence-electron chi connectivity index (χ3n) is 7.12. The second kappa shape index (κ2) is 8.91. The van der Waals surface area contributed by atoms with Crippen LogP contribution < -0.4 is 10.5 Å². The van der Waals surface area contributed by atoms with Crippen molar-refractivity contribution in [1.82, 2.24) is 25.2 Å².